The van der Waals surface area contributed by atoms with Crippen molar-refractivity contribution in [3.63, 3.8) is 0 Å². The second-order valence-electron chi connectivity index (χ2n) is 5.29. The average Bonchev–Trinajstić information content (AvgIpc) is 2.25. The van der Waals surface area contributed by atoms with Crippen LogP contribution in [0.2, 0.25) is 0 Å². The third kappa shape index (κ3) is 4.39. The molecule has 0 saturated heterocycles. The van der Waals surface area contributed by atoms with Crippen LogP contribution in [0.5, 0.6) is 0 Å². The van der Waals surface area contributed by atoms with Crippen molar-refractivity contribution in [2.45, 2.75) is 44.4 Å². The molecule has 1 unspecified atom stereocenters. The van der Waals surface area contributed by atoms with E-state index < -0.39 is 11.3 Å². The summed E-state index contributed by atoms with van der Waals surface area (Å²) in [6, 6.07) is 8.29. The maximum atomic E-state index is 10.6. The van der Waals surface area contributed by atoms with E-state index in [1.54, 1.807) is 0 Å². The Labute approximate surface area is 108 Å². The lowest BCUT2D eigenvalue weighted by Gasteiger charge is -2.19. The van der Waals surface area contributed by atoms with Crippen LogP contribution >= 0.6 is 11.6 Å². The molecule has 3 heteroatoms. The molecule has 94 valence electrons. The SMILES string of the molecule is CC(C)(C)c1ccc(CCC(Cl)C(=O)O)cc1. The number of benzene rings is 1. The van der Waals surface area contributed by atoms with Gasteiger partial charge < -0.3 is 5.11 Å². The number of halogens is 1. The van der Waals surface area contributed by atoms with Gasteiger partial charge in [0.25, 0.3) is 0 Å². The molecule has 2 nitrogen and oxygen atoms in total. The van der Waals surface area contributed by atoms with E-state index in [1.807, 2.05) is 12.1 Å². The number of aryl methyl sites for hydroxylation is 1. The van der Waals surface area contributed by atoms with Gasteiger partial charge in [0.1, 0.15) is 5.38 Å². The maximum absolute atomic E-state index is 10.6. The summed E-state index contributed by atoms with van der Waals surface area (Å²) in [5.74, 6) is -0.946. The molecule has 0 fully saturated rings. The second kappa shape index (κ2) is 5.54. The molecule has 17 heavy (non-hydrogen) atoms. The molecule has 0 aromatic heterocycles. The number of aliphatic carboxylic acids is 1. The predicted octanol–water partition coefficient (Wildman–Crippen LogP) is 3.61. The summed E-state index contributed by atoms with van der Waals surface area (Å²) in [4.78, 5) is 10.6. The van der Waals surface area contributed by atoms with Crippen LogP contribution < -0.4 is 0 Å². The zero-order valence-electron chi connectivity index (χ0n) is 10.5. The number of carboxylic acid groups (broad SMARTS) is 1. The summed E-state index contributed by atoms with van der Waals surface area (Å²) < 4.78 is 0. The first-order valence-corrected chi connectivity index (χ1v) is 6.20. The van der Waals surface area contributed by atoms with Gasteiger partial charge in [-0.3, -0.25) is 4.79 Å². The monoisotopic (exact) mass is 254 g/mol. The Morgan fingerprint density at radius 1 is 1.29 bits per heavy atom. The smallest absolute Gasteiger partial charge is 0.321 e. The molecule has 1 N–H and O–H groups in total. The van der Waals surface area contributed by atoms with E-state index in [0.717, 1.165) is 5.56 Å². The quantitative estimate of drug-likeness (QED) is 0.834. The van der Waals surface area contributed by atoms with Gasteiger partial charge in [0.05, 0.1) is 0 Å². The van der Waals surface area contributed by atoms with Crippen molar-refractivity contribution in [1.29, 1.82) is 0 Å². The molecule has 0 aliphatic rings. The highest BCUT2D eigenvalue weighted by Crippen LogP contribution is 2.22. The van der Waals surface area contributed by atoms with E-state index in [2.05, 4.69) is 32.9 Å². The zero-order chi connectivity index (χ0) is 13.1. The summed E-state index contributed by atoms with van der Waals surface area (Å²) in [7, 11) is 0. The molecule has 1 rings (SSSR count). The molecule has 0 spiro atoms. The molecule has 1 aromatic carbocycles. The van der Waals surface area contributed by atoms with Crippen molar-refractivity contribution in [2.24, 2.45) is 0 Å². The molecule has 0 amide bonds. The number of alkyl halides is 1. The van der Waals surface area contributed by atoms with Gasteiger partial charge in [0.15, 0.2) is 0 Å². The van der Waals surface area contributed by atoms with Gasteiger partial charge in [-0.1, -0.05) is 45.0 Å². The minimum Gasteiger partial charge on any atom is -0.480 e. The van der Waals surface area contributed by atoms with E-state index in [0.29, 0.717) is 12.8 Å². The third-order valence-electron chi connectivity index (χ3n) is 2.77. The fraction of sp³-hybridized carbons (Fsp3) is 0.500. The Hall–Kier alpha value is -1.02. The largest absolute Gasteiger partial charge is 0.480 e. The van der Waals surface area contributed by atoms with Gasteiger partial charge in [-0.05, 0) is 29.4 Å². The minimum atomic E-state index is -0.946. The first-order chi connectivity index (χ1) is 7.80. The van der Waals surface area contributed by atoms with E-state index in [1.165, 1.54) is 5.56 Å². The molecule has 0 heterocycles. The van der Waals surface area contributed by atoms with Crippen LogP contribution in [-0.2, 0) is 16.6 Å². The molecule has 0 radical (unpaired) electrons. The molecular weight excluding hydrogens is 236 g/mol. The Morgan fingerprint density at radius 2 is 1.82 bits per heavy atom. The minimum absolute atomic E-state index is 0.147. The lowest BCUT2D eigenvalue weighted by Crippen LogP contribution is -2.14. The Kier molecular flexibility index (Phi) is 4.58. The van der Waals surface area contributed by atoms with Crippen LogP contribution in [0.25, 0.3) is 0 Å². The summed E-state index contributed by atoms with van der Waals surface area (Å²) in [5, 5.41) is 7.88. The van der Waals surface area contributed by atoms with Crippen LogP contribution in [0.3, 0.4) is 0 Å². The molecular formula is C14H19ClO2. The van der Waals surface area contributed by atoms with Gasteiger partial charge in [0, 0.05) is 0 Å². The van der Waals surface area contributed by atoms with E-state index in [4.69, 9.17) is 16.7 Å². The van der Waals surface area contributed by atoms with Crippen molar-refractivity contribution in [1.82, 2.24) is 0 Å². The number of hydrogen-bond donors (Lipinski definition) is 1. The molecule has 0 saturated carbocycles. The van der Waals surface area contributed by atoms with Crippen molar-refractivity contribution in [3.8, 4) is 0 Å². The number of carboxylic acids is 1. The predicted molar refractivity (Wildman–Crippen MR) is 70.7 cm³/mol. The summed E-state index contributed by atoms with van der Waals surface area (Å²) >= 11 is 5.67. The second-order valence-corrected chi connectivity index (χ2v) is 5.82. The van der Waals surface area contributed by atoms with Crippen LogP contribution in [0, 0.1) is 0 Å². The standard InChI is InChI=1S/C14H19ClO2/c1-14(2,3)11-7-4-10(5-8-11)6-9-12(15)13(16)17/h4-5,7-8,12H,6,9H2,1-3H3,(H,16,17). The number of carbonyl (C=O) groups is 1. The fourth-order valence-electron chi connectivity index (χ4n) is 1.59. The molecule has 1 aromatic rings. The molecule has 1 atom stereocenters. The third-order valence-corrected chi connectivity index (χ3v) is 3.18. The Morgan fingerprint density at radius 3 is 2.24 bits per heavy atom. The van der Waals surface area contributed by atoms with Gasteiger partial charge >= 0.3 is 5.97 Å². The van der Waals surface area contributed by atoms with Crippen LogP contribution in [0.15, 0.2) is 24.3 Å². The molecule has 0 aliphatic heterocycles. The first-order valence-electron chi connectivity index (χ1n) is 5.77. The maximum Gasteiger partial charge on any atom is 0.321 e. The van der Waals surface area contributed by atoms with Crippen molar-refractivity contribution in [2.75, 3.05) is 0 Å². The summed E-state index contributed by atoms with van der Waals surface area (Å²) in [6.07, 6.45) is 1.16. The van der Waals surface area contributed by atoms with Crippen LogP contribution in [-0.4, -0.2) is 16.5 Å². The van der Waals surface area contributed by atoms with Gasteiger partial charge in [-0.25, -0.2) is 0 Å². The topological polar surface area (TPSA) is 37.3 Å². The molecule has 0 aliphatic carbocycles. The van der Waals surface area contributed by atoms with Gasteiger partial charge in [-0.2, -0.15) is 0 Å². The van der Waals surface area contributed by atoms with Crippen LogP contribution in [0.4, 0.5) is 0 Å². The van der Waals surface area contributed by atoms with Crippen molar-refractivity contribution >= 4 is 17.6 Å². The fourth-order valence-corrected chi connectivity index (χ4v) is 1.70. The van der Waals surface area contributed by atoms with Crippen molar-refractivity contribution < 1.29 is 9.90 Å². The Bertz CT molecular complexity index is 376. The lowest BCUT2D eigenvalue weighted by atomic mass is 9.86. The van der Waals surface area contributed by atoms with Gasteiger partial charge in [0.2, 0.25) is 0 Å². The van der Waals surface area contributed by atoms with E-state index in [-0.39, 0.29) is 5.41 Å². The number of hydrogen-bond acceptors (Lipinski definition) is 1. The van der Waals surface area contributed by atoms with Crippen LogP contribution in [0.1, 0.15) is 38.3 Å². The highest BCUT2D eigenvalue weighted by molar-refractivity contribution is 6.29. The van der Waals surface area contributed by atoms with Crippen molar-refractivity contribution in [3.05, 3.63) is 35.4 Å². The highest BCUT2D eigenvalue weighted by Gasteiger charge is 2.15. The summed E-state index contributed by atoms with van der Waals surface area (Å²) in [5.41, 5.74) is 2.56. The first kappa shape index (κ1) is 14.0. The normalized spacial score (nSPS) is 13.4. The zero-order valence-corrected chi connectivity index (χ0v) is 11.3. The van der Waals surface area contributed by atoms with Gasteiger partial charge in [-0.15, -0.1) is 11.6 Å². The lowest BCUT2D eigenvalue weighted by molar-refractivity contribution is -0.136. The van der Waals surface area contributed by atoms with E-state index >= 15 is 0 Å². The highest BCUT2D eigenvalue weighted by atomic mass is 35.5. The summed E-state index contributed by atoms with van der Waals surface area (Å²) in [6.45, 7) is 6.50. The van der Waals surface area contributed by atoms with E-state index in [9.17, 15) is 4.79 Å². The Balaban J connectivity index is 2.60. The average molecular weight is 255 g/mol. The molecule has 0 bridgehead atoms. The number of rotatable bonds is 4.